The number of furan rings is 1. The van der Waals surface area contributed by atoms with Crippen molar-refractivity contribution in [2.75, 3.05) is 26.2 Å². The number of piperidine rings is 1. The summed E-state index contributed by atoms with van der Waals surface area (Å²) in [7, 11) is 0. The van der Waals surface area contributed by atoms with E-state index in [0.717, 1.165) is 12.8 Å². The second-order valence-electron chi connectivity index (χ2n) is 4.65. The van der Waals surface area contributed by atoms with Gasteiger partial charge in [0.15, 0.2) is 5.76 Å². The second-order valence-corrected chi connectivity index (χ2v) is 4.65. The normalized spacial score (nSPS) is 19.2. The van der Waals surface area contributed by atoms with E-state index in [1.807, 2.05) is 0 Å². The van der Waals surface area contributed by atoms with Crippen molar-refractivity contribution in [2.24, 2.45) is 11.7 Å². The van der Waals surface area contributed by atoms with Gasteiger partial charge in [0.05, 0.1) is 12.2 Å². The van der Waals surface area contributed by atoms with Crippen LogP contribution in [0, 0.1) is 5.92 Å². The molecule has 1 saturated heterocycles. The number of nitrogens with zero attached hydrogens (tertiary/aromatic N) is 1. The molecule has 1 aliphatic rings. The van der Waals surface area contributed by atoms with Crippen molar-refractivity contribution in [1.29, 1.82) is 0 Å². The van der Waals surface area contributed by atoms with Crippen LogP contribution in [0.2, 0.25) is 0 Å². The van der Waals surface area contributed by atoms with E-state index in [9.17, 15) is 9.59 Å². The van der Waals surface area contributed by atoms with E-state index in [-0.39, 0.29) is 17.7 Å². The highest BCUT2D eigenvalue weighted by atomic mass is 16.3. The molecule has 1 unspecified atom stereocenters. The van der Waals surface area contributed by atoms with E-state index in [1.54, 1.807) is 17.0 Å². The summed E-state index contributed by atoms with van der Waals surface area (Å²) in [5, 5.41) is 2.77. The Labute approximate surface area is 111 Å². The molecular formula is C13H19N3O3. The second kappa shape index (κ2) is 6.38. The van der Waals surface area contributed by atoms with Crippen molar-refractivity contribution >= 4 is 11.8 Å². The Morgan fingerprint density at radius 2 is 2.37 bits per heavy atom. The number of nitrogens with one attached hydrogen (secondary N) is 1. The molecule has 19 heavy (non-hydrogen) atoms. The Morgan fingerprint density at radius 1 is 1.53 bits per heavy atom. The summed E-state index contributed by atoms with van der Waals surface area (Å²) in [5.41, 5.74) is 5.35. The molecule has 0 radical (unpaired) electrons. The van der Waals surface area contributed by atoms with E-state index in [1.165, 1.54) is 6.26 Å². The highest BCUT2D eigenvalue weighted by molar-refractivity contribution is 5.92. The highest BCUT2D eigenvalue weighted by Crippen LogP contribution is 2.19. The lowest BCUT2D eigenvalue weighted by molar-refractivity contribution is -0.126. The molecule has 0 saturated carbocycles. The third-order valence-electron chi connectivity index (χ3n) is 3.25. The number of hydrogen-bond acceptors (Lipinski definition) is 4. The van der Waals surface area contributed by atoms with Gasteiger partial charge in [-0.25, -0.2) is 0 Å². The zero-order valence-corrected chi connectivity index (χ0v) is 10.8. The van der Waals surface area contributed by atoms with Crippen molar-refractivity contribution in [1.82, 2.24) is 10.2 Å². The quantitative estimate of drug-likeness (QED) is 0.814. The molecule has 0 aromatic carbocycles. The smallest absolute Gasteiger partial charge is 0.289 e. The van der Waals surface area contributed by atoms with Gasteiger partial charge in [0, 0.05) is 26.2 Å². The molecule has 0 aliphatic carbocycles. The molecule has 2 rings (SSSR count). The van der Waals surface area contributed by atoms with Gasteiger partial charge < -0.3 is 20.4 Å². The van der Waals surface area contributed by atoms with Gasteiger partial charge in [-0.2, -0.15) is 0 Å². The fraction of sp³-hybridized carbons (Fsp3) is 0.538. The monoisotopic (exact) mass is 265 g/mol. The molecule has 2 amide bonds. The third-order valence-corrected chi connectivity index (χ3v) is 3.25. The van der Waals surface area contributed by atoms with Gasteiger partial charge >= 0.3 is 0 Å². The summed E-state index contributed by atoms with van der Waals surface area (Å²) in [6, 6.07) is 3.32. The molecule has 6 nitrogen and oxygen atoms in total. The number of hydrogen-bond donors (Lipinski definition) is 2. The van der Waals surface area contributed by atoms with Crippen LogP contribution >= 0.6 is 0 Å². The molecule has 0 spiro atoms. The fourth-order valence-corrected chi connectivity index (χ4v) is 2.27. The summed E-state index contributed by atoms with van der Waals surface area (Å²) in [6.45, 7) is 2.01. The zero-order chi connectivity index (χ0) is 13.7. The van der Waals surface area contributed by atoms with Crippen molar-refractivity contribution < 1.29 is 14.0 Å². The molecule has 0 bridgehead atoms. The largest absolute Gasteiger partial charge is 0.459 e. The standard InChI is InChI=1S/C13H19N3O3/c14-5-6-15-12(17)10-3-1-7-16(9-10)13(18)11-4-2-8-19-11/h2,4,8,10H,1,3,5-7,9,14H2,(H,15,17). The molecule has 1 atom stereocenters. The first-order chi connectivity index (χ1) is 9.22. The number of carbonyl (C=O) groups is 2. The summed E-state index contributed by atoms with van der Waals surface area (Å²) in [6.07, 6.45) is 3.11. The maximum Gasteiger partial charge on any atom is 0.289 e. The maximum atomic E-state index is 12.1. The van der Waals surface area contributed by atoms with E-state index < -0.39 is 0 Å². The molecular weight excluding hydrogens is 246 g/mol. The van der Waals surface area contributed by atoms with Crippen LogP contribution in [-0.4, -0.2) is 42.9 Å². The topological polar surface area (TPSA) is 88.6 Å². The van der Waals surface area contributed by atoms with Gasteiger partial charge in [-0.05, 0) is 25.0 Å². The third kappa shape index (κ3) is 3.35. The predicted molar refractivity (Wildman–Crippen MR) is 69.4 cm³/mol. The van der Waals surface area contributed by atoms with Crippen molar-refractivity contribution in [3.63, 3.8) is 0 Å². The van der Waals surface area contributed by atoms with Crippen molar-refractivity contribution in [2.45, 2.75) is 12.8 Å². The average Bonchev–Trinajstić information content (AvgIpc) is 2.98. The van der Waals surface area contributed by atoms with Gasteiger partial charge in [0.25, 0.3) is 5.91 Å². The van der Waals surface area contributed by atoms with E-state index in [4.69, 9.17) is 10.2 Å². The predicted octanol–water partition coefficient (Wildman–Crippen LogP) is 0.207. The lowest BCUT2D eigenvalue weighted by Crippen LogP contribution is -2.46. The Hall–Kier alpha value is -1.82. The van der Waals surface area contributed by atoms with Crippen LogP contribution in [0.4, 0.5) is 0 Å². The van der Waals surface area contributed by atoms with Crippen LogP contribution < -0.4 is 11.1 Å². The van der Waals surface area contributed by atoms with Crippen molar-refractivity contribution in [3.8, 4) is 0 Å². The van der Waals surface area contributed by atoms with Gasteiger partial charge in [0.2, 0.25) is 5.91 Å². The van der Waals surface area contributed by atoms with Gasteiger partial charge in [-0.1, -0.05) is 0 Å². The summed E-state index contributed by atoms with van der Waals surface area (Å²) >= 11 is 0. The number of likely N-dealkylation sites (tertiary alicyclic amines) is 1. The number of amides is 2. The van der Waals surface area contributed by atoms with Crippen LogP contribution in [0.3, 0.4) is 0 Å². The van der Waals surface area contributed by atoms with Gasteiger partial charge in [0.1, 0.15) is 0 Å². The number of nitrogens with two attached hydrogens (primary N) is 1. The molecule has 1 aromatic rings. The molecule has 104 valence electrons. The van der Waals surface area contributed by atoms with Gasteiger partial charge in [-0.3, -0.25) is 9.59 Å². The van der Waals surface area contributed by atoms with Crippen LogP contribution in [-0.2, 0) is 4.79 Å². The highest BCUT2D eigenvalue weighted by Gasteiger charge is 2.29. The Morgan fingerprint density at radius 3 is 3.05 bits per heavy atom. The minimum absolute atomic E-state index is 0.0256. The first kappa shape index (κ1) is 13.6. The molecule has 1 aliphatic heterocycles. The Kier molecular flexibility index (Phi) is 4.57. The summed E-state index contributed by atoms with van der Waals surface area (Å²) in [5.74, 6) is -0.00838. The zero-order valence-electron chi connectivity index (χ0n) is 10.8. The molecule has 2 heterocycles. The lowest BCUT2D eigenvalue weighted by Gasteiger charge is -2.31. The van der Waals surface area contributed by atoms with Crippen LogP contribution in [0.1, 0.15) is 23.4 Å². The maximum absolute atomic E-state index is 12.1. The van der Waals surface area contributed by atoms with Crippen LogP contribution in [0.15, 0.2) is 22.8 Å². The number of rotatable bonds is 4. The van der Waals surface area contributed by atoms with Crippen LogP contribution in [0.5, 0.6) is 0 Å². The fourth-order valence-electron chi connectivity index (χ4n) is 2.27. The van der Waals surface area contributed by atoms with Crippen molar-refractivity contribution in [3.05, 3.63) is 24.2 Å². The molecule has 1 fully saturated rings. The van der Waals surface area contributed by atoms with Gasteiger partial charge in [-0.15, -0.1) is 0 Å². The van der Waals surface area contributed by atoms with E-state index in [2.05, 4.69) is 5.32 Å². The molecule has 3 N–H and O–H groups in total. The number of carbonyl (C=O) groups excluding carboxylic acids is 2. The molecule has 1 aromatic heterocycles. The molecule has 6 heteroatoms. The SMILES string of the molecule is NCCNC(=O)C1CCCN(C(=O)c2ccco2)C1. The Bertz CT molecular complexity index is 430. The van der Waals surface area contributed by atoms with E-state index >= 15 is 0 Å². The van der Waals surface area contributed by atoms with E-state index in [0.29, 0.717) is 31.9 Å². The average molecular weight is 265 g/mol. The minimum atomic E-state index is -0.154. The summed E-state index contributed by atoms with van der Waals surface area (Å²) in [4.78, 5) is 25.7. The first-order valence-corrected chi connectivity index (χ1v) is 6.53. The first-order valence-electron chi connectivity index (χ1n) is 6.53. The lowest BCUT2D eigenvalue weighted by atomic mass is 9.97. The minimum Gasteiger partial charge on any atom is -0.459 e. The summed E-state index contributed by atoms with van der Waals surface area (Å²) < 4.78 is 5.10. The van der Waals surface area contributed by atoms with Crippen LogP contribution in [0.25, 0.3) is 0 Å². The Balaban J connectivity index is 1.93.